The predicted octanol–water partition coefficient (Wildman–Crippen LogP) is 3.12. The van der Waals surface area contributed by atoms with Crippen LogP contribution in [0.4, 0.5) is 5.69 Å². The van der Waals surface area contributed by atoms with Crippen molar-refractivity contribution in [2.24, 2.45) is 0 Å². The summed E-state index contributed by atoms with van der Waals surface area (Å²) < 4.78 is 0. The molecule has 0 atom stereocenters. The third-order valence-corrected chi connectivity index (χ3v) is 2.74. The van der Waals surface area contributed by atoms with Crippen molar-refractivity contribution in [3.63, 3.8) is 0 Å². The van der Waals surface area contributed by atoms with Gasteiger partial charge in [0.05, 0.1) is 10.6 Å². The Labute approximate surface area is 115 Å². The van der Waals surface area contributed by atoms with E-state index in [4.69, 9.17) is 0 Å². The molecule has 1 heterocycles. The molecule has 100 valence electrons. The Hall–Kier alpha value is -2.82. The molecule has 0 fully saturated rings. The number of nitro groups is 1. The predicted molar refractivity (Wildman–Crippen MR) is 75.9 cm³/mol. The summed E-state index contributed by atoms with van der Waals surface area (Å²) in [7, 11) is 0. The van der Waals surface area contributed by atoms with Crippen molar-refractivity contribution in [2.75, 3.05) is 0 Å². The Kier molecular flexibility index (Phi) is 4.00. The molecule has 20 heavy (non-hydrogen) atoms. The number of ketones is 1. The number of non-ortho nitro benzene ring substituents is 1. The molecule has 0 aliphatic rings. The lowest BCUT2D eigenvalue weighted by Gasteiger charge is -2.03. The van der Waals surface area contributed by atoms with E-state index in [-0.39, 0.29) is 11.5 Å². The molecular weight excluding hydrogens is 256 g/mol. The maximum atomic E-state index is 11.7. The van der Waals surface area contributed by atoms with Crippen molar-refractivity contribution < 1.29 is 9.72 Å². The van der Waals surface area contributed by atoms with Gasteiger partial charge in [-0.3, -0.25) is 19.9 Å². The van der Waals surface area contributed by atoms with Gasteiger partial charge in [-0.05, 0) is 42.8 Å². The zero-order valence-corrected chi connectivity index (χ0v) is 10.8. The maximum Gasteiger partial charge on any atom is 0.269 e. The standard InChI is InChI=1S/C15H12N2O3/c1-11(18)14(15-4-2-3-9-16-15)10-12-5-7-13(8-6-12)17(19)20/h2-10H,1H3. The SMILES string of the molecule is CC(=O)C(=Cc1ccc([N+](=O)[O-])cc1)c1ccccn1. The van der Waals surface area contributed by atoms with Crippen LogP contribution in [-0.4, -0.2) is 15.7 Å². The summed E-state index contributed by atoms with van der Waals surface area (Å²) in [5, 5.41) is 10.6. The van der Waals surface area contributed by atoms with E-state index in [0.717, 1.165) is 0 Å². The summed E-state index contributed by atoms with van der Waals surface area (Å²) in [6, 6.07) is 11.3. The normalized spacial score (nSPS) is 11.2. The van der Waals surface area contributed by atoms with E-state index in [9.17, 15) is 14.9 Å². The van der Waals surface area contributed by atoms with E-state index in [1.807, 2.05) is 0 Å². The number of hydrogen-bond donors (Lipinski definition) is 0. The minimum absolute atomic E-state index is 0.0179. The van der Waals surface area contributed by atoms with Crippen LogP contribution in [-0.2, 0) is 4.79 Å². The lowest BCUT2D eigenvalue weighted by molar-refractivity contribution is -0.384. The quantitative estimate of drug-likeness (QED) is 0.485. The lowest BCUT2D eigenvalue weighted by Crippen LogP contribution is -1.98. The van der Waals surface area contributed by atoms with E-state index in [1.54, 1.807) is 42.6 Å². The van der Waals surface area contributed by atoms with Gasteiger partial charge in [-0.2, -0.15) is 0 Å². The molecule has 0 N–H and O–H groups in total. The van der Waals surface area contributed by atoms with Crippen LogP contribution in [0.3, 0.4) is 0 Å². The molecule has 2 rings (SSSR count). The summed E-state index contributed by atoms with van der Waals surface area (Å²) >= 11 is 0. The summed E-state index contributed by atoms with van der Waals surface area (Å²) in [5.74, 6) is -0.109. The second kappa shape index (κ2) is 5.88. The van der Waals surface area contributed by atoms with Crippen molar-refractivity contribution >= 4 is 23.1 Å². The van der Waals surface area contributed by atoms with Crippen LogP contribution < -0.4 is 0 Å². The molecule has 0 aliphatic heterocycles. The molecular formula is C15H12N2O3. The molecule has 0 amide bonds. The van der Waals surface area contributed by atoms with Gasteiger partial charge in [0, 0.05) is 23.9 Å². The minimum Gasteiger partial charge on any atom is -0.294 e. The molecule has 0 saturated carbocycles. The number of nitro benzene ring substituents is 1. The second-order valence-corrected chi connectivity index (χ2v) is 4.18. The Bertz CT molecular complexity index is 661. The monoisotopic (exact) mass is 268 g/mol. The Balaban J connectivity index is 2.39. The largest absolute Gasteiger partial charge is 0.294 e. The fourth-order valence-electron chi connectivity index (χ4n) is 1.74. The molecule has 1 aromatic carbocycles. The average molecular weight is 268 g/mol. The Morgan fingerprint density at radius 1 is 1.20 bits per heavy atom. The van der Waals surface area contributed by atoms with Gasteiger partial charge in [0.25, 0.3) is 5.69 Å². The lowest BCUT2D eigenvalue weighted by atomic mass is 10.0. The fraction of sp³-hybridized carbons (Fsp3) is 0.0667. The number of aromatic nitrogens is 1. The molecule has 0 unspecified atom stereocenters. The number of nitrogens with zero attached hydrogens (tertiary/aromatic N) is 2. The highest BCUT2D eigenvalue weighted by Crippen LogP contribution is 2.19. The third kappa shape index (κ3) is 3.14. The third-order valence-electron chi connectivity index (χ3n) is 2.74. The van der Waals surface area contributed by atoms with Crippen LogP contribution in [0.5, 0.6) is 0 Å². The molecule has 5 nitrogen and oxygen atoms in total. The van der Waals surface area contributed by atoms with Gasteiger partial charge in [0.1, 0.15) is 0 Å². The number of carbonyl (C=O) groups is 1. The van der Waals surface area contributed by atoms with Gasteiger partial charge in [-0.15, -0.1) is 0 Å². The van der Waals surface area contributed by atoms with Crippen LogP contribution in [0.2, 0.25) is 0 Å². The van der Waals surface area contributed by atoms with Gasteiger partial charge in [-0.25, -0.2) is 0 Å². The zero-order chi connectivity index (χ0) is 14.5. The van der Waals surface area contributed by atoms with Gasteiger partial charge in [-0.1, -0.05) is 6.07 Å². The fourth-order valence-corrected chi connectivity index (χ4v) is 1.74. The smallest absolute Gasteiger partial charge is 0.269 e. The first-order valence-corrected chi connectivity index (χ1v) is 5.96. The van der Waals surface area contributed by atoms with Gasteiger partial charge in [0.2, 0.25) is 0 Å². The number of benzene rings is 1. The minimum atomic E-state index is -0.460. The molecule has 2 aromatic rings. The summed E-state index contributed by atoms with van der Waals surface area (Å²) in [4.78, 5) is 26.0. The zero-order valence-electron chi connectivity index (χ0n) is 10.8. The van der Waals surface area contributed by atoms with Gasteiger partial charge >= 0.3 is 0 Å². The van der Waals surface area contributed by atoms with Crippen molar-refractivity contribution in [1.29, 1.82) is 0 Å². The highest BCUT2D eigenvalue weighted by Gasteiger charge is 2.09. The molecule has 0 aliphatic carbocycles. The topological polar surface area (TPSA) is 73.1 Å². The van der Waals surface area contributed by atoms with E-state index in [1.165, 1.54) is 19.1 Å². The van der Waals surface area contributed by atoms with Crippen LogP contribution in [0, 0.1) is 10.1 Å². The van der Waals surface area contributed by atoms with Crippen LogP contribution in [0.25, 0.3) is 11.6 Å². The van der Waals surface area contributed by atoms with E-state index >= 15 is 0 Å². The number of Topliss-reactive ketones (excluding diaryl/α,β-unsaturated/α-hetero) is 1. The van der Waals surface area contributed by atoms with Crippen molar-refractivity contribution in [1.82, 2.24) is 4.98 Å². The molecule has 5 heteroatoms. The average Bonchev–Trinajstić information content (AvgIpc) is 2.46. The van der Waals surface area contributed by atoms with E-state index < -0.39 is 4.92 Å². The Morgan fingerprint density at radius 3 is 2.40 bits per heavy atom. The number of allylic oxidation sites excluding steroid dienone is 1. The van der Waals surface area contributed by atoms with Crippen molar-refractivity contribution in [3.05, 3.63) is 70.0 Å². The molecule has 0 bridgehead atoms. The first-order chi connectivity index (χ1) is 9.58. The first kappa shape index (κ1) is 13.6. The van der Waals surface area contributed by atoms with E-state index in [2.05, 4.69) is 4.98 Å². The summed E-state index contributed by atoms with van der Waals surface area (Å²) in [6.07, 6.45) is 3.29. The van der Waals surface area contributed by atoms with Gasteiger partial charge in [0.15, 0.2) is 5.78 Å². The summed E-state index contributed by atoms with van der Waals surface area (Å²) in [5.41, 5.74) is 1.79. The van der Waals surface area contributed by atoms with E-state index in [0.29, 0.717) is 16.8 Å². The van der Waals surface area contributed by atoms with Crippen molar-refractivity contribution in [3.8, 4) is 0 Å². The molecule has 0 saturated heterocycles. The maximum absolute atomic E-state index is 11.7. The van der Waals surface area contributed by atoms with Crippen molar-refractivity contribution in [2.45, 2.75) is 6.92 Å². The molecule has 1 aromatic heterocycles. The number of rotatable bonds is 4. The summed E-state index contributed by atoms with van der Waals surface area (Å²) in [6.45, 7) is 1.46. The highest BCUT2D eigenvalue weighted by atomic mass is 16.6. The second-order valence-electron chi connectivity index (χ2n) is 4.18. The highest BCUT2D eigenvalue weighted by molar-refractivity contribution is 6.23. The van der Waals surface area contributed by atoms with Crippen LogP contribution in [0.15, 0.2) is 48.7 Å². The van der Waals surface area contributed by atoms with Gasteiger partial charge < -0.3 is 0 Å². The number of hydrogen-bond acceptors (Lipinski definition) is 4. The molecule has 0 spiro atoms. The van der Waals surface area contributed by atoms with Crippen LogP contribution >= 0.6 is 0 Å². The van der Waals surface area contributed by atoms with Crippen LogP contribution in [0.1, 0.15) is 18.2 Å². The number of carbonyl (C=O) groups excluding carboxylic acids is 1. The first-order valence-electron chi connectivity index (χ1n) is 5.96. The number of pyridine rings is 1. The Morgan fingerprint density at radius 2 is 1.90 bits per heavy atom. The molecule has 0 radical (unpaired) electrons.